The zero-order chi connectivity index (χ0) is 60.4. The summed E-state index contributed by atoms with van der Waals surface area (Å²) >= 11 is 36.7. The van der Waals surface area contributed by atoms with Crippen LogP contribution in [0.5, 0.6) is 0 Å². The molecule has 436 valence electrons. The van der Waals surface area contributed by atoms with E-state index >= 15 is 0 Å². The lowest BCUT2D eigenvalue weighted by Crippen LogP contribution is -2.26. The molecule has 0 radical (unpaired) electrons. The van der Waals surface area contributed by atoms with Gasteiger partial charge in [-0.3, -0.25) is 20.2 Å². The smallest absolute Gasteiger partial charge is 0.423 e. The number of nitrogen functional groups attached to an aromatic ring is 2. The van der Waals surface area contributed by atoms with Gasteiger partial charge >= 0.3 is 7.12 Å². The summed E-state index contributed by atoms with van der Waals surface area (Å²) < 4.78 is 20.4. The molecular weight excluding hydrogens is 1450 g/mol. The second-order valence-electron chi connectivity index (χ2n) is 17.5. The number of nitro benzene ring substituents is 2. The van der Waals surface area contributed by atoms with Crippen molar-refractivity contribution in [3.05, 3.63) is 207 Å². The molecular formula is C56H43BCl5IN8O6S8. The van der Waals surface area contributed by atoms with Crippen LogP contribution < -0.4 is 16.2 Å². The summed E-state index contributed by atoms with van der Waals surface area (Å²) in [7, 11) is -1.39. The molecule has 85 heavy (non-hydrogen) atoms. The lowest BCUT2D eigenvalue weighted by atomic mass is 9.90. The first-order valence-electron chi connectivity index (χ1n) is 24.2. The van der Waals surface area contributed by atoms with Crippen LogP contribution in [0.4, 0.5) is 22.7 Å². The Kier molecular flexibility index (Phi) is 24.6. The lowest BCUT2D eigenvalue weighted by Gasteiger charge is -2.06. The van der Waals surface area contributed by atoms with Gasteiger partial charge in [-0.2, -0.15) is 0 Å². The number of nitrogens with zero attached hydrogens (tertiary/aromatic N) is 6. The molecule has 4 aromatic carbocycles. The summed E-state index contributed by atoms with van der Waals surface area (Å²) in [5.41, 5.74) is 24.8. The van der Waals surface area contributed by atoms with Crippen LogP contribution in [0.25, 0.3) is 75.8 Å². The molecule has 0 aliphatic carbocycles. The number of aryl methyl sites for hydroxylation is 4. The fourth-order valence-corrected chi connectivity index (χ4v) is 15.0. The SMILES string of the molecule is Cc1sncc1-c1ccc(-c2ccc(Cl)s2)c(N)c1.Cc1sncc1-c1ccc(-c2ccc(Cl)s2)c(N)c1.Cc1sncc1-c1ccc(-c2ccc(Cl)s2)c([N+](=O)[O-])c1.Cc1sncc1-c1ccc(I)c([N+](=O)[O-])c1.Cl.OB(O)c1ccc(Cl)s1. The Labute approximate surface area is 560 Å². The molecule has 8 aromatic heterocycles. The van der Waals surface area contributed by atoms with E-state index in [2.05, 4.69) is 43.5 Å². The van der Waals surface area contributed by atoms with E-state index in [-0.39, 0.29) is 33.6 Å². The average Bonchev–Trinajstić information content (AvgIpc) is 3.71. The Balaban J connectivity index is 0.000000155. The monoisotopic (exact) mass is 1490 g/mol. The van der Waals surface area contributed by atoms with Gasteiger partial charge in [-0.05, 0) is 185 Å². The molecule has 0 fully saturated rings. The minimum Gasteiger partial charge on any atom is -0.423 e. The van der Waals surface area contributed by atoms with Crippen molar-refractivity contribution in [2.45, 2.75) is 27.7 Å². The van der Waals surface area contributed by atoms with Crippen LogP contribution in [0.3, 0.4) is 0 Å². The average molecular weight is 1500 g/mol. The molecule has 0 unspecified atom stereocenters. The quantitative estimate of drug-likeness (QED) is 0.0329. The first kappa shape index (κ1) is 67.3. The zero-order valence-electron chi connectivity index (χ0n) is 44.4. The van der Waals surface area contributed by atoms with Crippen LogP contribution in [0.2, 0.25) is 17.3 Å². The maximum Gasteiger partial charge on any atom is 0.499 e. The van der Waals surface area contributed by atoms with E-state index in [0.29, 0.717) is 22.6 Å². The third kappa shape index (κ3) is 17.5. The minimum atomic E-state index is -1.39. The Morgan fingerprint density at radius 1 is 0.447 bits per heavy atom. The van der Waals surface area contributed by atoms with E-state index in [0.717, 1.165) is 111 Å². The number of aromatic nitrogens is 4. The Morgan fingerprint density at radius 3 is 1.05 bits per heavy atom. The zero-order valence-corrected chi connectivity index (χ0v) is 56.9. The molecule has 12 rings (SSSR count). The van der Waals surface area contributed by atoms with Gasteiger partial charge in [0.05, 0.1) is 36.3 Å². The molecule has 0 saturated carbocycles. The van der Waals surface area contributed by atoms with Crippen LogP contribution in [-0.4, -0.2) is 44.5 Å². The van der Waals surface area contributed by atoms with E-state index in [9.17, 15) is 20.2 Å². The first-order chi connectivity index (χ1) is 40.1. The summed E-state index contributed by atoms with van der Waals surface area (Å²) in [6.07, 6.45) is 7.25. The highest BCUT2D eigenvalue weighted by molar-refractivity contribution is 14.1. The highest BCUT2D eigenvalue weighted by atomic mass is 127. The summed E-state index contributed by atoms with van der Waals surface area (Å²) in [4.78, 5) is 28.9. The van der Waals surface area contributed by atoms with Crippen molar-refractivity contribution in [3.63, 3.8) is 0 Å². The van der Waals surface area contributed by atoms with Gasteiger partial charge in [0, 0.05) is 121 Å². The number of hydrogen-bond donors (Lipinski definition) is 4. The molecule has 8 heterocycles. The normalized spacial score (nSPS) is 10.5. The largest absolute Gasteiger partial charge is 0.499 e. The Hall–Kier alpha value is -5.24. The first-order valence-corrected chi connectivity index (χ1v) is 33.2. The number of nitro groups is 2. The maximum atomic E-state index is 11.4. The van der Waals surface area contributed by atoms with Crippen molar-refractivity contribution in [1.82, 2.24) is 17.5 Å². The topological polar surface area (TPSA) is 230 Å². The molecule has 0 saturated heterocycles. The second-order valence-corrected chi connectivity index (χ2v) is 29.6. The standard InChI is InChI=1S/C14H9ClN2O2S2.2C14H11ClN2S2.C10H7IN2O2S.C4H4BClO2S.ClH/c1-8-11(7-16-21-8)9-2-3-10(12(6-9)17(18)19)13-4-5-14(15)20-13;2*1-8-11(7-17-19-8)9-2-3-10(12(16)6-9)13-4-5-14(15)18-13;1-6-8(5-12-16-6)7-2-3-9(11)10(4-7)13(14)15;6-4-2-1-3(9-4)5(7)8;/h2-7H,1H3;2*2-7H,16H2,1H3;2-5H,1H3;1-2,7-8H;1H. The van der Waals surface area contributed by atoms with Crippen LogP contribution in [0.1, 0.15) is 19.5 Å². The number of benzene rings is 4. The van der Waals surface area contributed by atoms with E-state index in [1.54, 1.807) is 60.9 Å². The van der Waals surface area contributed by atoms with Gasteiger partial charge in [0.1, 0.15) is 0 Å². The van der Waals surface area contributed by atoms with Crippen molar-refractivity contribution in [1.29, 1.82) is 0 Å². The summed E-state index contributed by atoms with van der Waals surface area (Å²) in [5.74, 6) is 0. The molecule has 14 nitrogen and oxygen atoms in total. The predicted molar refractivity (Wildman–Crippen MR) is 375 cm³/mol. The Bertz CT molecular complexity index is 4130. The van der Waals surface area contributed by atoms with Gasteiger partial charge in [0.25, 0.3) is 11.4 Å². The predicted octanol–water partition coefficient (Wildman–Crippen LogP) is 19.7. The minimum absolute atomic E-state index is 0. The Morgan fingerprint density at radius 2 is 0.765 bits per heavy atom. The molecule has 0 atom stereocenters. The maximum absolute atomic E-state index is 11.4. The lowest BCUT2D eigenvalue weighted by molar-refractivity contribution is -0.385. The van der Waals surface area contributed by atoms with E-state index < -0.39 is 7.12 Å². The van der Waals surface area contributed by atoms with Crippen molar-refractivity contribution in [3.8, 4) is 75.8 Å². The number of rotatable bonds is 10. The highest BCUT2D eigenvalue weighted by Crippen LogP contribution is 2.42. The van der Waals surface area contributed by atoms with Gasteiger partial charge in [-0.1, -0.05) is 88.9 Å². The summed E-state index contributed by atoms with van der Waals surface area (Å²) in [5, 5.41) is 39.3. The van der Waals surface area contributed by atoms with Gasteiger partial charge in [-0.15, -0.1) is 57.8 Å². The van der Waals surface area contributed by atoms with Crippen LogP contribution in [0.15, 0.2) is 146 Å². The number of halogens is 6. The van der Waals surface area contributed by atoms with E-state index in [1.165, 1.54) is 89.9 Å². The third-order valence-corrected chi connectivity index (χ3v) is 20.8. The molecule has 0 aliphatic rings. The van der Waals surface area contributed by atoms with Crippen molar-refractivity contribution >= 4 is 208 Å². The molecule has 0 bridgehead atoms. The summed E-state index contributed by atoms with van der Waals surface area (Å²) in [6, 6.07) is 37.3. The number of nitrogens with two attached hydrogens (primary N) is 2. The highest BCUT2D eigenvalue weighted by Gasteiger charge is 2.20. The molecule has 0 amide bonds. The van der Waals surface area contributed by atoms with Crippen molar-refractivity contribution in [2.24, 2.45) is 0 Å². The van der Waals surface area contributed by atoms with Crippen molar-refractivity contribution in [2.75, 3.05) is 11.5 Å². The van der Waals surface area contributed by atoms with Crippen LogP contribution in [0, 0.1) is 51.5 Å². The molecule has 12 aromatic rings. The second kappa shape index (κ2) is 31.1. The fraction of sp³-hybridized carbons (Fsp3) is 0.0714. The molecule has 0 spiro atoms. The number of hydrogen-bond acceptors (Lipinski definition) is 20. The van der Waals surface area contributed by atoms with E-state index in [1.807, 2.05) is 109 Å². The van der Waals surface area contributed by atoms with Crippen LogP contribution >= 0.6 is 173 Å². The number of thiophene rings is 4. The van der Waals surface area contributed by atoms with E-state index in [4.69, 9.17) is 67.9 Å². The van der Waals surface area contributed by atoms with Crippen molar-refractivity contribution < 1.29 is 19.9 Å². The van der Waals surface area contributed by atoms with Gasteiger partial charge in [0.2, 0.25) is 0 Å². The molecule has 0 aliphatic heterocycles. The van der Waals surface area contributed by atoms with Gasteiger partial charge in [0.15, 0.2) is 0 Å². The number of anilines is 2. The summed E-state index contributed by atoms with van der Waals surface area (Å²) in [6.45, 7) is 8.04. The molecule has 29 heteroatoms. The molecule has 6 N–H and O–H groups in total. The van der Waals surface area contributed by atoms with Gasteiger partial charge in [-0.25, -0.2) is 17.5 Å². The third-order valence-electron chi connectivity index (χ3n) is 12.1. The van der Waals surface area contributed by atoms with Gasteiger partial charge < -0.3 is 21.5 Å². The fourth-order valence-electron chi connectivity index (χ4n) is 7.94. The van der Waals surface area contributed by atoms with Crippen LogP contribution in [-0.2, 0) is 0 Å².